The van der Waals surface area contributed by atoms with Gasteiger partial charge in [-0.2, -0.15) is 0 Å². The van der Waals surface area contributed by atoms with Gasteiger partial charge in [0.1, 0.15) is 5.75 Å². The predicted octanol–water partition coefficient (Wildman–Crippen LogP) is 5.72. The van der Waals surface area contributed by atoms with Gasteiger partial charge in [0, 0.05) is 36.3 Å². The van der Waals surface area contributed by atoms with Gasteiger partial charge in [0.15, 0.2) is 11.5 Å². The van der Waals surface area contributed by atoms with Crippen molar-refractivity contribution in [1.29, 1.82) is 0 Å². The van der Waals surface area contributed by atoms with Gasteiger partial charge < -0.3 is 19.9 Å². The third-order valence-corrected chi connectivity index (χ3v) is 5.41. The maximum atomic E-state index is 12.5. The van der Waals surface area contributed by atoms with Gasteiger partial charge in [-0.25, -0.2) is 0 Å². The molecule has 4 rings (SSSR count). The van der Waals surface area contributed by atoms with Crippen LogP contribution in [-0.4, -0.2) is 23.2 Å². The summed E-state index contributed by atoms with van der Waals surface area (Å²) in [7, 11) is 1.66. The van der Waals surface area contributed by atoms with Crippen molar-refractivity contribution < 1.29 is 14.1 Å². The van der Waals surface area contributed by atoms with Crippen LogP contribution in [0, 0.1) is 0 Å². The van der Waals surface area contributed by atoms with Gasteiger partial charge in [-0.3, -0.25) is 9.78 Å². The Bertz CT molecular complexity index is 1280. The zero-order chi connectivity index (χ0) is 24.1. The summed E-state index contributed by atoms with van der Waals surface area (Å²) in [5, 5.41) is 10.2. The summed E-state index contributed by atoms with van der Waals surface area (Å²) in [4.78, 5) is 16.5. The van der Waals surface area contributed by atoms with E-state index >= 15 is 0 Å². The van der Waals surface area contributed by atoms with E-state index in [4.69, 9.17) is 9.26 Å². The van der Waals surface area contributed by atoms with Gasteiger partial charge in [0.2, 0.25) is 0 Å². The molecule has 0 aliphatic rings. The molecule has 0 saturated heterocycles. The number of benzene rings is 2. The average Bonchev–Trinajstić information content (AvgIpc) is 3.33. The molecule has 34 heavy (non-hydrogen) atoms. The molecule has 1 amide bonds. The lowest BCUT2D eigenvalue weighted by Crippen LogP contribution is -2.23. The molecule has 2 aromatic carbocycles. The summed E-state index contributed by atoms with van der Waals surface area (Å²) in [5.74, 6) is 0.952. The van der Waals surface area contributed by atoms with Gasteiger partial charge in [-0.1, -0.05) is 50.2 Å². The molecule has 0 spiro atoms. The quantitative estimate of drug-likeness (QED) is 0.370. The van der Waals surface area contributed by atoms with E-state index in [0.29, 0.717) is 12.3 Å². The fraction of sp³-hybridized carbons (Fsp3) is 0.222. The van der Waals surface area contributed by atoms with Gasteiger partial charge in [-0.05, 0) is 46.9 Å². The summed E-state index contributed by atoms with van der Waals surface area (Å²) in [6.45, 7) is 6.89. The number of aromatic nitrogens is 2. The second kappa shape index (κ2) is 9.79. The molecule has 0 aliphatic carbocycles. The van der Waals surface area contributed by atoms with Crippen LogP contribution >= 0.6 is 0 Å². The Kier molecular flexibility index (Phi) is 6.63. The molecule has 0 aliphatic heterocycles. The van der Waals surface area contributed by atoms with Crippen LogP contribution in [0.4, 0.5) is 11.4 Å². The highest BCUT2D eigenvalue weighted by Gasteiger charge is 2.17. The lowest BCUT2D eigenvalue weighted by Gasteiger charge is -2.21. The zero-order valence-corrected chi connectivity index (χ0v) is 19.8. The third-order valence-electron chi connectivity index (χ3n) is 5.41. The minimum absolute atomic E-state index is 0.0123. The minimum atomic E-state index is -0.308. The van der Waals surface area contributed by atoms with E-state index in [2.05, 4.69) is 53.7 Å². The Morgan fingerprint density at radius 2 is 1.91 bits per heavy atom. The fourth-order valence-electron chi connectivity index (χ4n) is 3.47. The first-order valence-electron chi connectivity index (χ1n) is 11.0. The second-order valence-corrected chi connectivity index (χ2v) is 8.99. The maximum absolute atomic E-state index is 12.5. The highest BCUT2D eigenvalue weighted by Crippen LogP contribution is 2.34. The largest absolute Gasteiger partial charge is 0.495 e. The maximum Gasteiger partial charge on any atom is 0.273 e. The van der Waals surface area contributed by atoms with E-state index < -0.39 is 0 Å². The summed E-state index contributed by atoms with van der Waals surface area (Å²) >= 11 is 0. The first-order valence-corrected chi connectivity index (χ1v) is 11.0. The number of carbonyl (C=O) groups is 1. The van der Waals surface area contributed by atoms with Gasteiger partial charge >= 0.3 is 0 Å². The van der Waals surface area contributed by atoms with E-state index in [9.17, 15) is 4.79 Å². The number of nitrogens with one attached hydrogen (secondary N) is 2. The van der Waals surface area contributed by atoms with Crippen LogP contribution in [0.3, 0.4) is 0 Å². The molecule has 0 radical (unpaired) electrons. The van der Waals surface area contributed by atoms with Crippen molar-refractivity contribution in [1.82, 2.24) is 15.5 Å². The van der Waals surface area contributed by atoms with Crippen LogP contribution < -0.4 is 15.4 Å². The first-order chi connectivity index (χ1) is 16.3. The van der Waals surface area contributed by atoms with Crippen molar-refractivity contribution in [2.75, 3.05) is 12.4 Å². The standard InChI is InChI=1S/C27H28N4O3/c1-27(2,3)20-10-11-24(33-4)22(14-20)30-21-9-5-8-19(13-21)25-15-23(31-34-25)26(32)29-17-18-7-6-12-28-16-18/h5-16,30H,17H2,1-4H3,(H,29,32). The molecule has 0 atom stereocenters. The third kappa shape index (κ3) is 5.43. The van der Waals surface area contributed by atoms with Crippen molar-refractivity contribution in [2.45, 2.75) is 32.7 Å². The lowest BCUT2D eigenvalue weighted by atomic mass is 9.87. The van der Waals surface area contributed by atoms with Crippen LogP contribution in [0.5, 0.6) is 5.75 Å². The predicted molar refractivity (Wildman–Crippen MR) is 132 cm³/mol. The lowest BCUT2D eigenvalue weighted by molar-refractivity contribution is 0.0942. The molecule has 2 N–H and O–H groups in total. The number of anilines is 2. The van der Waals surface area contributed by atoms with Gasteiger partial charge in [0.05, 0.1) is 12.8 Å². The molecule has 7 heteroatoms. The highest BCUT2D eigenvalue weighted by molar-refractivity contribution is 5.93. The minimum Gasteiger partial charge on any atom is -0.495 e. The molecule has 2 aromatic heterocycles. The van der Waals surface area contributed by atoms with Crippen molar-refractivity contribution in [3.8, 4) is 17.1 Å². The number of amides is 1. The normalized spacial score (nSPS) is 11.2. The number of pyridine rings is 1. The number of methoxy groups -OCH3 is 1. The van der Waals surface area contributed by atoms with E-state index in [1.54, 1.807) is 25.6 Å². The molecule has 0 fully saturated rings. The van der Waals surface area contributed by atoms with Crippen LogP contribution in [-0.2, 0) is 12.0 Å². The average molecular weight is 457 g/mol. The van der Waals surface area contributed by atoms with E-state index in [0.717, 1.165) is 28.3 Å². The number of carbonyl (C=O) groups excluding carboxylic acids is 1. The van der Waals surface area contributed by atoms with Gasteiger partial charge in [0.25, 0.3) is 5.91 Å². The highest BCUT2D eigenvalue weighted by atomic mass is 16.5. The number of nitrogens with zero attached hydrogens (tertiary/aromatic N) is 2. The molecule has 0 unspecified atom stereocenters. The van der Waals surface area contributed by atoms with Crippen LogP contribution in [0.25, 0.3) is 11.3 Å². The summed E-state index contributed by atoms with van der Waals surface area (Å²) in [6.07, 6.45) is 3.40. The Labute approximate surface area is 199 Å². The van der Waals surface area contributed by atoms with Crippen molar-refractivity contribution >= 4 is 17.3 Å². The Hall–Kier alpha value is -4.13. The monoisotopic (exact) mass is 456 g/mol. The molecule has 0 saturated carbocycles. The van der Waals surface area contributed by atoms with E-state index in [1.165, 1.54) is 5.56 Å². The summed E-state index contributed by atoms with van der Waals surface area (Å²) in [5.41, 5.74) is 4.87. The Balaban J connectivity index is 1.50. The van der Waals surface area contributed by atoms with E-state index in [-0.39, 0.29) is 17.0 Å². The Morgan fingerprint density at radius 3 is 2.65 bits per heavy atom. The second-order valence-electron chi connectivity index (χ2n) is 8.99. The topological polar surface area (TPSA) is 89.3 Å². The molecule has 4 aromatic rings. The first kappa shape index (κ1) is 23.0. The van der Waals surface area contributed by atoms with Crippen LogP contribution in [0.2, 0.25) is 0 Å². The van der Waals surface area contributed by atoms with Gasteiger partial charge in [-0.15, -0.1) is 0 Å². The van der Waals surface area contributed by atoms with E-state index in [1.807, 2.05) is 42.5 Å². The number of rotatable bonds is 7. The van der Waals surface area contributed by atoms with Crippen molar-refractivity contribution in [3.05, 3.63) is 89.9 Å². The van der Waals surface area contributed by atoms with Crippen molar-refractivity contribution in [3.63, 3.8) is 0 Å². The zero-order valence-electron chi connectivity index (χ0n) is 19.8. The molecule has 174 valence electrons. The van der Waals surface area contributed by atoms with Crippen LogP contribution in [0.1, 0.15) is 42.4 Å². The molecule has 7 nitrogen and oxygen atoms in total. The van der Waals surface area contributed by atoms with Crippen molar-refractivity contribution in [2.24, 2.45) is 0 Å². The number of ether oxygens (including phenoxy) is 1. The SMILES string of the molecule is COc1ccc(C(C)(C)C)cc1Nc1cccc(-c2cc(C(=O)NCc3cccnc3)no2)c1. The summed E-state index contributed by atoms with van der Waals surface area (Å²) in [6, 6.07) is 19.2. The van der Waals surface area contributed by atoms with Crippen LogP contribution in [0.15, 0.2) is 77.6 Å². The summed E-state index contributed by atoms with van der Waals surface area (Å²) < 4.78 is 11.0. The number of hydrogen-bond acceptors (Lipinski definition) is 6. The molecule has 0 bridgehead atoms. The molecular weight excluding hydrogens is 428 g/mol. The Morgan fingerprint density at radius 1 is 1.06 bits per heavy atom. The fourth-order valence-corrected chi connectivity index (χ4v) is 3.47. The molecule has 2 heterocycles. The number of hydrogen-bond donors (Lipinski definition) is 2. The smallest absolute Gasteiger partial charge is 0.273 e. The molecular formula is C27H28N4O3.